The molecule has 0 spiro atoms. The summed E-state index contributed by atoms with van der Waals surface area (Å²) in [5, 5.41) is 3.29. The van der Waals surface area contributed by atoms with Gasteiger partial charge in [0.2, 0.25) is 0 Å². The van der Waals surface area contributed by atoms with E-state index in [4.69, 9.17) is 16.3 Å². The minimum Gasteiger partial charge on any atom is -0.459 e. The zero-order valence-electron chi connectivity index (χ0n) is 19.9. The number of carbonyl (C=O) groups is 2. The summed E-state index contributed by atoms with van der Waals surface area (Å²) >= 11 is 11.0. The lowest BCUT2D eigenvalue weighted by Gasteiger charge is -2.28. The minimum atomic E-state index is -0.876. The molecule has 0 fully saturated rings. The maximum absolute atomic E-state index is 13.5. The van der Waals surface area contributed by atoms with Gasteiger partial charge in [-0.05, 0) is 66.4 Å². The molecule has 0 aromatic heterocycles. The third kappa shape index (κ3) is 6.26. The Morgan fingerprint density at radius 1 is 1.11 bits per heavy atom. The lowest BCUT2D eigenvalue weighted by atomic mass is 9.91. The first kappa shape index (κ1) is 25.3. The van der Waals surface area contributed by atoms with E-state index in [1.165, 1.54) is 0 Å². The summed E-state index contributed by atoms with van der Waals surface area (Å²) in [5.74, 6) is -0.877. The van der Waals surface area contributed by atoms with Gasteiger partial charge in [0.05, 0.1) is 10.6 Å². The van der Waals surface area contributed by atoms with E-state index in [-0.39, 0.29) is 18.9 Å². The molecule has 0 bridgehead atoms. The molecule has 182 valence electrons. The molecule has 3 aromatic carbocycles. The van der Waals surface area contributed by atoms with Gasteiger partial charge in [-0.1, -0.05) is 54.1 Å². The second kappa shape index (κ2) is 11.3. The maximum atomic E-state index is 13.5. The number of hydrogen-bond acceptors (Lipinski definition) is 5. The van der Waals surface area contributed by atoms with Gasteiger partial charge in [-0.25, -0.2) is 4.79 Å². The summed E-state index contributed by atoms with van der Waals surface area (Å²) in [5.41, 5.74) is 5.33. The SMILES string of the molecule is Cc1c2c(cc(Cl)c1C(=O)N[C@@H](Cc1cccc(S)c1)C(=O)OCc1ccccc1)CN(C)CC2. The topological polar surface area (TPSA) is 58.6 Å². The van der Waals surface area contributed by atoms with Crippen molar-refractivity contribution in [1.82, 2.24) is 10.2 Å². The van der Waals surface area contributed by atoms with Crippen molar-refractivity contribution >= 4 is 36.1 Å². The van der Waals surface area contributed by atoms with Gasteiger partial charge in [0.25, 0.3) is 5.91 Å². The standard InChI is InChI=1S/C28H29ClN2O3S/c1-18-23-11-12-31(2)16-21(23)15-24(29)26(18)27(32)30-25(14-20-9-6-10-22(35)13-20)28(33)34-17-19-7-4-3-5-8-19/h3-10,13,15,25,35H,11-12,14,16-17H2,1-2H3,(H,30,32)/t25-/m0/s1. The largest absolute Gasteiger partial charge is 0.459 e. The molecule has 0 saturated carbocycles. The summed E-state index contributed by atoms with van der Waals surface area (Å²) in [4.78, 5) is 29.6. The van der Waals surface area contributed by atoms with Gasteiger partial charge >= 0.3 is 5.97 Å². The molecule has 4 rings (SSSR count). The number of amides is 1. The van der Waals surface area contributed by atoms with Crippen molar-refractivity contribution in [3.63, 3.8) is 0 Å². The van der Waals surface area contributed by atoms with Crippen LogP contribution in [0.5, 0.6) is 0 Å². The smallest absolute Gasteiger partial charge is 0.329 e. The molecule has 1 aliphatic rings. The van der Waals surface area contributed by atoms with E-state index in [2.05, 4.69) is 29.9 Å². The van der Waals surface area contributed by atoms with Crippen molar-refractivity contribution in [2.45, 2.75) is 43.9 Å². The van der Waals surface area contributed by atoms with Crippen LogP contribution >= 0.6 is 24.2 Å². The zero-order valence-corrected chi connectivity index (χ0v) is 21.5. The van der Waals surface area contributed by atoms with Gasteiger partial charge in [-0.3, -0.25) is 4.79 Å². The van der Waals surface area contributed by atoms with Crippen molar-refractivity contribution in [3.8, 4) is 0 Å². The third-order valence-electron chi connectivity index (χ3n) is 6.33. The first-order valence-corrected chi connectivity index (χ1v) is 12.4. The lowest BCUT2D eigenvalue weighted by Crippen LogP contribution is -2.43. The Morgan fingerprint density at radius 3 is 2.60 bits per heavy atom. The summed E-state index contributed by atoms with van der Waals surface area (Å²) < 4.78 is 5.58. The number of carbonyl (C=O) groups excluding carboxylic acids is 2. The Morgan fingerprint density at radius 2 is 1.86 bits per heavy atom. The average molecular weight is 509 g/mol. The minimum absolute atomic E-state index is 0.130. The molecule has 1 N–H and O–H groups in total. The highest BCUT2D eigenvalue weighted by atomic mass is 35.5. The van der Waals surface area contributed by atoms with E-state index in [0.29, 0.717) is 10.6 Å². The summed E-state index contributed by atoms with van der Waals surface area (Å²) in [6.45, 7) is 3.78. The molecule has 1 amide bonds. The monoisotopic (exact) mass is 508 g/mol. The summed E-state index contributed by atoms with van der Waals surface area (Å²) in [7, 11) is 2.07. The predicted octanol–water partition coefficient (Wildman–Crippen LogP) is 5.01. The second-order valence-electron chi connectivity index (χ2n) is 8.98. The van der Waals surface area contributed by atoms with Crippen LogP contribution in [0.25, 0.3) is 0 Å². The molecular formula is C28H29ClN2O3S. The fourth-order valence-corrected chi connectivity index (χ4v) is 5.11. The summed E-state index contributed by atoms with van der Waals surface area (Å²) in [6.07, 6.45) is 1.13. The van der Waals surface area contributed by atoms with Gasteiger partial charge in [0.15, 0.2) is 0 Å². The third-order valence-corrected chi connectivity index (χ3v) is 6.91. The molecule has 0 radical (unpaired) electrons. The number of hydrogen-bond donors (Lipinski definition) is 2. The molecule has 0 aliphatic carbocycles. The van der Waals surface area contributed by atoms with Gasteiger partial charge in [0, 0.05) is 24.4 Å². The lowest BCUT2D eigenvalue weighted by molar-refractivity contribution is -0.147. The molecule has 7 heteroatoms. The first-order valence-electron chi connectivity index (χ1n) is 11.6. The number of thiol groups is 1. The van der Waals surface area contributed by atoms with E-state index < -0.39 is 12.0 Å². The summed E-state index contributed by atoms with van der Waals surface area (Å²) in [6, 6.07) is 18.0. The van der Waals surface area contributed by atoms with Crippen LogP contribution in [0.3, 0.4) is 0 Å². The van der Waals surface area contributed by atoms with E-state index in [1.54, 1.807) is 0 Å². The van der Waals surface area contributed by atoms with Crippen molar-refractivity contribution in [2.75, 3.05) is 13.6 Å². The van der Waals surface area contributed by atoms with Crippen LogP contribution < -0.4 is 5.32 Å². The molecule has 0 saturated heterocycles. The van der Waals surface area contributed by atoms with Gasteiger partial charge in [0.1, 0.15) is 12.6 Å². The van der Waals surface area contributed by atoms with Crippen molar-refractivity contribution in [3.05, 3.63) is 99.1 Å². The highest BCUT2D eigenvalue weighted by Gasteiger charge is 2.28. The predicted molar refractivity (Wildman–Crippen MR) is 141 cm³/mol. The number of nitrogens with zero attached hydrogens (tertiary/aromatic N) is 1. The molecular weight excluding hydrogens is 480 g/mol. The maximum Gasteiger partial charge on any atom is 0.329 e. The molecule has 1 aliphatic heterocycles. The van der Waals surface area contributed by atoms with Crippen LogP contribution in [0.1, 0.15) is 38.2 Å². The Hall–Kier alpha value is -2.80. The van der Waals surface area contributed by atoms with Crippen LogP contribution in [0.2, 0.25) is 5.02 Å². The Labute approximate surface area is 216 Å². The number of fused-ring (bicyclic) bond motifs is 1. The van der Waals surface area contributed by atoms with E-state index in [9.17, 15) is 9.59 Å². The number of benzene rings is 3. The van der Waals surface area contributed by atoms with Crippen LogP contribution in [0, 0.1) is 6.92 Å². The number of esters is 1. The number of rotatable bonds is 7. The van der Waals surface area contributed by atoms with Crippen LogP contribution in [-0.4, -0.2) is 36.4 Å². The Bertz CT molecular complexity index is 1230. The number of ether oxygens (including phenoxy) is 1. The highest BCUT2D eigenvalue weighted by molar-refractivity contribution is 7.80. The van der Waals surface area contributed by atoms with Crippen molar-refractivity contribution in [2.24, 2.45) is 0 Å². The van der Waals surface area contributed by atoms with Gasteiger partial charge in [-0.2, -0.15) is 0 Å². The number of nitrogens with one attached hydrogen (secondary N) is 1. The molecule has 1 atom stereocenters. The van der Waals surface area contributed by atoms with Gasteiger partial charge < -0.3 is 15.0 Å². The van der Waals surface area contributed by atoms with Gasteiger partial charge in [-0.15, -0.1) is 12.6 Å². The normalized spacial score (nSPS) is 14.2. The Balaban J connectivity index is 1.57. The van der Waals surface area contributed by atoms with E-state index in [1.807, 2.05) is 67.6 Å². The van der Waals surface area contributed by atoms with Crippen LogP contribution in [0.4, 0.5) is 0 Å². The van der Waals surface area contributed by atoms with E-state index >= 15 is 0 Å². The molecule has 1 heterocycles. The molecule has 3 aromatic rings. The molecule has 35 heavy (non-hydrogen) atoms. The van der Waals surface area contributed by atoms with Crippen LogP contribution in [-0.2, 0) is 35.5 Å². The fraction of sp³-hybridized carbons (Fsp3) is 0.286. The number of halogens is 1. The fourth-order valence-electron chi connectivity index (χ4n) is 4.50. The Kier molecular flexibility index (Phi) is 8.16. The highest BCUT2D eigenvalue weighted by Crippen LogP contribution is 2.30. The number of likely N-dealkylation sites (N-methyl/N-ethyl adjacent to an activating group) is 1. The molecule has 5 nitrogen and oxygen atoms in total. The average Bonchev–Trinajstić information content (AvgIpc) is 2.82. The quantitative estimate of drug-likeness (QED) is 0.348. The van der Waals surface area contributed by atoms with Crippen molar-refractivity contribution < 1.29 is 14.3 Å². The molecule has 0 unspecified atom stereocenters. The van der Waals surface area contributed by atoms with E-state index in [0.717, 1.165) is 52.2 Å². The zero-order chi connectivity index (χ0) is 24.9. The second-order valence-corrected chi connectivity index (χ2v) is 9.90. The van der Waals surface area contributed by atoms with Crippen molar-refractivity contribution in [1.29, 1.82) is 0 Å². The van der Waals surface area contributed by atoms with Crippen LogP contribution in [0.15, 0.2) is 65.6 Å². The first-order chi connectivity index (χ1) is 16.8.